The summed E-state index contributed by atoms with van der Waals surface area (Å²) in [4.78, 5) is 5.04. The van der Waals surface area contributed by atoms with E-state index in [2.05, 4.69) is 15.6 Å². The van der Waals surface area contributed by atoms with Gasteiger partial charge in [0.05, 0.1) is 18.6 Å². The summed E-state index contributed by atoms with van der Waals surface area (Å²) in [6, 6.07) is 16.5. The van der Waals surface area contributed by atoms with E-state index in [0.717, 1.165) is 43.2 Å². The van der Waals surface area contributed by atoms with Gasteiger partial charge in [-0.2, -0.15) is 4.31 Å². The number of aliphatic imine (C=N–C) groups is 1. The summed E-state index contributed by atoms with van der Waals surface area (Å²) >= 11 is 0. The van der Waals surface area contributed by atoms with Crippen molar-refractivity contribution in [3.05, 3.63) is 60.2 Å². The van der Waals surface area contributed by atoms with Gasteiger partial charge < -0.3 is 15.4 Å². The highest BCUT2D eigenvalue weighted by molar-refractivity contribution is 7.89. The Hall–Kier alpha value is -2.58. The smallest absolute Gasteiger partial charge is 0.243 e. The fraction of sp³-hybridized carbons (Fsp3) is 0.435. The van der Waals surface area contributed by atoms with Crippen molar-refractivity contribution in [1.82, 2.24) is 14.9 Å². The highest BCUT2D eigenvalue weighted by atomic mass is 32.2. The Labute approximate surface area is 185 Å². The quantitative estimate of drug-likeness (QED) is 0.483. The minimum absolute atomic E-state index is 0.366. The first-order chi connectivity index (χ1) is 15.0. The number of benzene rings is 2. The molecule has 1 heterocycles. The maximum atomic E-state index is 12.8. The molecule has 0 radical (unpaired) electrons. The van der Waals surface area contributed by atoms with Crippen molar-refractivity contribution in [2.45, 2.75) is 31.2 Å². The number of ether oxygens (including phenoxy) is 1. The molecule has 1 aliphatic rings. The average molecular weight is 445 g/mol. The number of guanidine groups is 1. The number of hydrogen-bond donors (Lipinski definition) is 2. The maximum Gasteiger partial charge on any atom is 0.243 e. The second-order valence-corrected chi connectivity index (χ2v) is 9.53. The van der Waals surface area contributed by atoms with Crippen LogP contribution in [0.4, 0.5) is 0 Å². The fourth-order valence-electron chi connectivity index (χ4n) is 3.62. The van der Waals surface area contributed by atoms with Crippen LogP contribution in [0.3, 0.4) is 0 Å². The van der Waals surface area contributed by atoms with Gasteiger partial charge in [0, 0.05) is 26.2 Å². The van der Waals surface area contributed by atoms with Gasteiger partial charge in [-0.25, -0.2) is 13.4 Å². The van der Waals surface area contributed by atoms with Gasteiger partial charge in [-0.05, 0) is 55.5 Å². The highest BCUT2D eigenvalue weighted by Crippen LogP contribution is 2.23. The van der Waals surface area contributed by atoms with Crippen molar-refractivity contribution in [2.24, 2.45) is 10.9 Å². The van der Waals surface area contributed by atoms with Crippen LogP contribution in [0, 0.1) is 5.92 Å². The minimum Gasteiger partial charge on any atom is -0.497 e. The Morgan fingerprint density at radius 1 is 1.10 bits per heavy atom. The van der Waals surface area contributed by atoms with Gasteiger partial charge in [0.25, 0.3) is 0 Å². The van der Waals surface area contributed by atoms with Crippen LogP contribution in [0.2, 0.25) is 0 Å². The van der Waals surface area contributed by atoms with Crippen molar-refractivity contribution in [1.29, 1.82) is 0 Å². The van der Waals surface area contributed by atoms with Crippen LogP contribution >= 0.6 is 0 Å². The minimum atomic E-state index is -3.40. The van der Waals surface area contributed by atoms with Crippen molar-refractivity contribution in [3.63, 3.8) is 0 Å². The molecule has 31 heavy (non-hydrogen) atoms. The van der Waals surface area contributed by atoms with Crippen molar-refractivity contribution < 1.29 is 13.2 Å². The van der Waals surface area contributed by atoms with Gasteiger partial charge in [0.15, 0.2) is 5.96 Å². The van der Waals surface area contributed by atoms with Gasteiger partial charge in [0.2, 0.25) is 10.0 Å². The lowest BCUT2D eigenvalue weighted by Crippen LogP contribution is -2.44. The van der Waals surface area contributed by atoms with Crippen molar-refractivity contribution in [3.8, 4) is 5.75 Å². The molecule has 1 aliphatic heterocycles. The number of nitrogens with zero attached hydrogens (tertiary/aromatic N) is 2. The Balaban J connectivity index is 1.51. The third-order valence-electron chi connectivity index (χ3n) is 5.41. The molecule has 2 aromatic rings. The van der Waals surface area contributed by atoms with Gasteiger partial charge in [-0.1, -0.05) is 30.3 Å². The Morgan fingerprint density at radius 2 is 1.84 bits per heavy atom. The highest BCUT2D eigenvalue weighted by Gasteiger charge is 2.29. The summed E-state index contributed by atoms with van der Waals surface area (Å²) in [7, 11) is -1.75. The number of hydrogen-bond acceptors (Lipinski definition) is 4. The molecule has 168 valence electrons. The molecule has 2 aromatic carbocycles. The second kappa shape index (κ2) is 11.2. The molecule has 0 aromatic heterocycles. The zero-order chi connectivity index (χ0) is 22.1. The number of piperidine rings is 1. The molecule has 3 rings (SSSR count). The zero-order valence-corrected chi connectivity index (χ0v) is 19.1. The molecule has 0 saturated carbocycles. The molecule has 7 nitrogen and oxygen atoms in total. The van der Waals surface area contributed by atoms with E-state index < -0.39 is 10.0 Å². The van der Waals surface area contributed by atoms with Crippen LogP contribution in [0.5, 0.6) is 5.75 Å². The molecule has 1 fully saturated rings. The van der Waals surface area contributed by atoms with E-state index in [9.17, 15) is 8.42 Å². The topological polar surface area (TPSA) is 83.0 Å². The number of methoxy groups -OCH3 is 1. The predicted molar refractivity (Wildman–Crippen MR) is 124 cm³/mol. The van der Waals surface area contributed by atoms with E-state index >= 15 is 0 Å². The molecule has 0 spiro atoms. The SMILES string of the molecule is CCNC(=NCc1cccc(OC)c1)NCC1CCN(S(=O)(=O)c2ccccc2)CC1. The van der Waals surface area contributed by atoms with Crippen molar-refractivity contribution in [2.75, 3.05) is 33.3 Å². The summed E-state index contributed by atoms with van der Waals surface area (Å²) in [6.45, 7) is 5.22. The van der Waals surface area contributed by atoms with Crippen LogP contribution in [-0.2, 0) is 16.6 Å². The molecule has 8 heteroatoms. The Kier molecular flexibility index (Phi) is 8.31. The Bertz CT molecular complexity index is 956. The van der Waals surface area contributed by atoms with E-state index in [1.807, 2.05) is 37.3 Å². The largest absolute Gasteiger partial charge is 0.497 e. The molecule has 0 amide bonds. The number of rotatable bonds is 8. The van der Waals surface area contributed by atoms with Crippen molar-refractivity contribution >= 4 is 16.0 Å². The lowest BCUT2D eigenvalue weighted by molar-refractivity contribution is 0.273. The zero-order valence-electron chi connectivity index (χ0n) is 18.3. The molecular formula is C23H32N4O3S. The first-order valence-corrected chi connectivity index (χ1v) is 12.2. The summed E-state index contributed by atoms with van der Waals surface area (Å²) in [6.07, 6.45) is 1.66. The van der Waals surface area contributed by atoms with E-state index in [4.69, 9.17) is 4.74 Å². The first-order valence-electron chi connectivity index (χ1n) is 10.7. The normalized spacial score (nSPS) is 16.1. The lowest BCUT2D eigenvalue weighted by Gasteiger charge is -2.31. The molecule has 0 unspecified atom stereocenters. The third-order valence-corrected chi connectivity index (χ3v) is 7.32. The van der Waals surface area contributed by atoms with Crippen LogP contribution in [0.1, 0.15) is 25.3 Å². The maximum absolute atomic E-state index is 12.8. The summed E-state index contributed by atoms with van der Waals surface area (Å²) in [5, 5.41) is 6.69. The molecular weight excluding hydrogens is 412 g/mol. The van der Waals surface area contributed by atoms with Crippen LogP contribution in [0.25, 0.3) is 0 Å². The standard InChI is InChI=1S/C23H32N4O3S/c1-3-24-23(26-18-20-8-7-9-21(16-20)30-2)25-17-19-12-14-27(15-13-19)31(28,29)22-10-5-4-6-11-22/h4-11,16,19H,3,12-15,17-18H2,1-2H3,(H2,24,25,26). The predicted octanol–water partition coefficient (Wildman–Crippen LogP) is 2.85. The monoisotopic (exact) mass is 444 g/mol. The molecule has 0 atom stereocenters. The van der Waals surface area contributed by atoms with E-state index in [1.165, 1.54) is 0 Å². The van der Waals surface area contributed by atoms with E-state index in [-0.39, 0.29) is 0 Å². The van der Waals surface area contributed by atoms with Gasteiger partial charge in [0.1, 0.15) is 5.75 Å². The van der Waals surface area contributed by atoms with E-state index in [1.54, 1.807) is 35.7 Å². The average Bonchev–Trinajstić information content (AvgIpc) is 2.82. The number of sulfonamides is 1. The van der Waals surface area contributed by atoms with Crippen LogP contribution in [-0.4, -0.2) is 52.0 Å². The Morgan fingerprint density at radius 3 is 2.52 bits per heavy atom. The number of nitrogens with one attached hydrogen (secondary N) is 2. The van der Waals surface area contributed by atoms with Gasteiger partial charge in [-0.15, -0.1) is 0 Å². The molecule has 2 N–H and O–H groups in total. The summed E-state index contributed by atoms with van der Waals surface area (Å²) < 4.78 is 32.4. The van der Waals surface area contributed by atoms with Gasteiger partial charge >= 0.3 is 0 Å². The van der Waals surface area contributed by atoms with Crippen LogP contribution < -0.4 is 15.4 Å². The van der Waals surface area contributed by atoms with Crippen LogP contribution in [0.15, 0.2) is 64.5 Å². The third kappa shape index (κ3) is 6.45. The molecule has 0 aliphatic carbocycles. The second-order valence-electron chi connectivity index (χ2n) is 7.59. The fourth-order valence-corrected chi connectivity index (χ4v) is 5.11. The summed E-state index contributed by atoms with van der Waals surface area (Å²) in [5.74, 6) is 2.00. The lowest BCUT2D eigenvalue weighted by atomic mass is 9.98. The first kappa shape index (κ1) is 23.1. The summed E-state index contributed by atoms with van der Waals surface area (Å²) in [5.41, 5.74) is 1.08. The van der Waals surface area contributed by atoms with E-state index in [0.29, 0.717) is 30.4 Å². The molecule has 0 bridgehead atoms. The van der Waals surface area contributed by atoms with Gasteiger partial charge in [-0.3, -0.25) is 0 Å². The molecule has 1 saturated heterocycles.